The fraction of sp³-hybridized carbons (Fsp3) is 0.471. The Bertz CT molecular complexity index is 913. The van der Waals surface area contributed by atoms with Gasteiger partial charge in [0.1, 0.15) is 17.8 Å². The SMILES string of the molecule is CN1CCc2ccc(-c3nc(C4CCOCC4)nn3-c3ncn[nH]3)nc21. The number of nitrogens with zero attached hydrogens (tertiary/aromatic N) is 7. The molecule has 0 saturated carbocycles. The van der Waals surface area contributed by atoms with Crippen LogP contribution in [0, 0.1) is 0 Å². The first-order valence-electron chi connectivity index (χ1n) is 8.91. The van der Waals surface area contributed by atoms with E-state index in [1.54, 1.807) is 4.68 Å². The van der Waals surface area contributed by atoms with Crippen LogP contribution in [-0.2, 0) is 11.2 Å². The summed E-state index contributed by atoms with van der Waals surface area (Å²) in [5.41, 5.74) is 2.06. The van der Waals surface area contributed by atoms with E-state index >= 15 is 0 Å². The Morgan fingerprint density at radius 3 is 2.88 bits per heavy atom. The molecule has 0 aromatic carbocycles. The lowest BCUT2D eigenvalue weighted by molar-refractivity contribution is 0.0836. The molecule has 0 atom stereocenters. The van der Waals surface area contributed by atoms with Crippen molar-refractivity contribution in [2.45, 2.75) is 25.2 Å². The fourth-order valence-electron chi connectivity index (χ4n) is 3.59. The summed E-state index contributed by atoms with van der Waals surface area (Å²) in [5, 5.41) is 11.6. The van der Waals surface area contributed by atoms with Crippen LogP contribution in [0.1, 0.15) is 30.1 Å². The number of rotatable bonds is 3. The van der Waals surface area contributed by atoms with Gasteiger partial charge in [-0.15, -0.1) is 5.10 Å². The third kappa shape index (κ3) is 2.55. The molecule has 2 aliphatic rings. The third-order valence-corrected chi connectivity index (χ3v) is 5.08. The van der Waals surface area contributed by atoms with Crippen LogP contribution in [0.3, 0.4) is 0 Å². The molecule has 1 saturated heterocycles. The van der Waals surface area contributed by atoms with Crippen molar-refractivity contribution in [1.29, 1.82) is 0 Å². The zero-order valence-corrected chi connectivity index (χ0v) is 14.6. The van der Waals surface area contributed by atoms with Gasteiger partial charge in [0.25, 0.3) is 0 Å². The monoisotopic (exact) mass is 352 g/mol. The van der Waals surface area contributed by atoms with Crippen molar-refractivity contribution in [2.75, 3.05) is 31.7 Å². The van der Waals surface area contributed by atoms with Crippen LogP contribution in [0.5, 0.6) is 0 Å². The molecule has 0 radical (unpaired) electrons. The molecule has 0 unspecified atom stereocenters. The van der Waals surface area contributed by atoms with Crippen LogP contribution in [-0.4, -0.2) is 61.7 Å². The summed E-state index contributed by atoms with van der Waals surface area (Å²) in [7, 11) is 2.07. The molecule has 0 amide bonds. The summed E-state index contributed by atoms with van der Waals surface area (Å²) in [6.07, 6.45) is 4.36. The molecule has 2 aliphatic heterocycles. The summed E-state index contributed by atoms with van der Waals surface area (Å²) in [6, 6.07) is 4.15. The second-order valence-corrected chi connectivity index (χ2v) is 6.75. The molecule has 9 nitrogen and oxygen atoms in total. The van der Waals surface area contributed by atoms with Gasteiger partial charge >= 0.3 is 0 Å². The minimum Gasteiger partial charge on any atom is -0.381 e. The molecule has 3 aromatic rings. The van der Waals surface area contributed by atoms with E-state index in [1.165, 1.54) is 11.9 Å². The zero-order valence-electron chi connectivity index (χ0n) is 14.6. The first-order chi connectivity index (χ1) is 12.8. The fourth-order valence-corrected chi connectivity index (χ4v) is 3.59. The summed E-state index contributed by atoms with van der Waals surface area (Å²) < 4.78 is 7.18. The highest BCUT2D eigenvalue weighted by Crippen LogP contribution is 2.30. The number of nitrogens with one attached hydrogen (secondary N) is 1. The first-order valence-corrected chi connectivity index (χ1v) is 8.91. The van der Waals surface area contributed by atoms with Gasteiger partial charge < -0.3 is 9.64 Å². The maximum Gasteiger partial charge on any atom is 0.248 e. The van der Waals surface area contributed by atoms with Crippen molar-refractivity contribution in [1.82, 2.24) is 34.9 Å². The third-order valence-electron chi connectivity index (χ3n) is 5.08. The number of H-pyrrole nitrogens is 1. The largest absolute Gasteiger partial charge is 0.381 e. The quantitative estimate of drug-likeness (QED) is 0.759. The molecule has 1 fully saturated rings. The van der Waals surface area contributed by atoms with Crippen molar-refractivity contribution in [2.24, 2.45) is 0 Å². The van der Waals surface area contributed by atoms with Crippen LogP contribution in [0.4, 0.5) is 5.82 Å². The second-order valence-electron chi connectivity index (χ2n) is 6.75. The summed E-state index contributed by atoms with van der Waals surface area (Å²) in [6.45, 7) is 2.49. The van der Waals surface area contributed by atoms with Gasteiger partial charge in [0.05, 0.1) is 0 Å². The van der Waals surface area contributed by atoms with E-state index in [0.29, 0.717) is 17.7 Å². The van der Waals surface area contributed by atoms with Crippen LogP contribution in [0.25, 0.3) is 17.5 Å². The maximum absolute atomic E-state index is 5.47. The molecular weight excluding hydrogens is 332 g/mol. The Balaban J connectivity index is 1.61. The van der Waals surface area contributed by atoms with Crippen molar-refractivity contribution in [3.05, 3.63) is 29.8 Å². The van der Waals surface area contributed by atoms with E-state index in [-0.39, 0.29) is 0 Å². The zero-order chi connectivity index (χ0) is 17.5. The maximum atomic E-state index is 5.47. The number of hydrogen-bond acceptors (Lipinski definition) is 7. The second kappa shape index (κ2) is 6.17. The van der Waals surface area contributed by atoms with Gasteiger partial charge in [0, 0.05) is 32.7 Å². The van der Waals surface area contributed by atoms with E-state index < -0.39 is 0 Å². The van der Waals surface area contributed by atoms with Gasteiger partial charge in [-0.3, -0.25) is 0 Å². The van der Waals surface area contributed by atoms with Crippen LogP contribution >= 0.6 is 0 Å². The predicted octanol–water partition coefficient (Wildman–Crippen LogP) is 1.33. The van der Waals surface area contributed by atoms with E-state index in [9.17, 15) is 0 Å². The molecule has 5 rings (SSSR count). The Morgan fingerprint density at radius 2 is 2.08 bits per heavy atom. The van der Waals surface area contributed by atoms with Crippen LogP contribution < -0.4 is 4.90 Å². The highest BCUT2D eigenvalue weighted by molar-refractivity contribution is 5.60. The molecule has 26 heavy (non-hydrogen) atoms. The van der Waals surface area contributed by atoms with Crippen LogP contribution in [0.2, 0.25) is 0 Å². The van der Waals surface area contributed by atoms with Gasteiger partial charge in [0.2, 0.25) is 5.95 Å². The minimum absolute atomic E-state index is 0.295. The number of likely N-dealkylation sites (N-methyl/N-ethyl adjacent to an activating group) is 1. The van der Waals surface area contributed by atoms with E-state index in [4.69, 9.17) is 19.8 Å². The molecule has 134 valence electrons. The van der Waals surface area contributed by atoms with Crippen molar-refractivity contribution in [3.8, 4) is 17.5 Å². The number of anilines is 1. The topological polar surface area (TPSA) is 97.6 Å². The average molecular weight is 352 g/mol. The van der Waals surface area contributed by atoms with Crippen molar-refractivity contribution >= 4 is 5.82 Å². The number of fused-ring (bicyclic) bond motifs is 1. The van der Waals surface area contributed by atoms with Gasteiger partial charge in [-0.2, -0.15) is 14.8 Å². The lowest BCUT2D eigenvalue weighted by atomic mass is 10.00. The van der Waals surface area contributed by atoms with Crippen molar-refractivity contribution < 1.29 is 4.74 Å². The molecule has 0 bridgehead atoms. The van der Waals surface area contributed by atoms with E-state index in [2.05, 4.69) is 33.2 Å². The predicted molar refractivity (Wildman–Crippen MR) is 94.3 cm³/mol. The van der Waals surface area contributed by atoms with Gasteiger partial charge in [-0.1, -0.05) is 6.07 Å². The van der Waals surface area contributed by atoms with Gasteiger partial charge in [0.15, 0.2) is 11.6 Å². The van der Waals surface area contributed by atoms with Crippen molar-refractivity contribution in [3.63, 3.8) is 0 Å². The molecule has 0 aliphatic carbocycles. The molecule has 1 N–H and O–H groups in total. The molecular formula is C17H20N8O. The van der Waals surface area contributed by atoms with E-state index in [0.717, 1.165) is 56.4 Å². The smallest absolute Gasteiger partial charge is 0.248 e. The number of hydrogen-bond donors (Lipinski definition) is 1. The lowest BCUT2D eigenvalue weighted by Crippen LogP contribution is -2.15. The highest BCUT2D eigenvalue weighted by Gasteiger charge is 2.26. The standard InChI is InChI=1S/C17H20N8O/c1-24-7-4-12-2-3-13(20-15(12)24)16-21-14(11-5-8-26-9-6-11)23-25(16)17-18-10-19-22-17/h2-3,10-11H,4-9H2,1H3,(H,18,19,22). The number of aromatic nitrogens is 7. The Labute approximate surface area is 150 Å². The molecule has 9 heteroatoms. The average Bonchev–Trinajstić information content (AvgIpc) is 3.42. The number of aromatic amines is 1. The lowest BCUT2D eigenvalue weighted by Gasteiger charge is -2.18. The Morgan fingerprint density at radius 1 is 1.19 bits per heavy atom. The Kier molecular flexibility index (Phi) is 3.66. The molecule has 5 heterocycles. The number of ether oxygens (including phenoxy) is 1. The summed E-state index contributed by atoms with van der Waals surface area (Å²) in [5.74, 6) is 3.36. The first kappa shape index (κ1) is 15.4. The van der Waals surface area contributed by atoms with Gasteiger partial charge in [-0.05, 0) is 30.9 Å². The Hall–Kier alpha value is -2.81. The summed E-state index contributed by atoms with van der Waals surface area (Å²) in [4.78, 5) is 16.1. The van der Waals surface area contributed by atoms with Crippen LogP contribution in [0.15, 0.2) is 18.5 Å². The number of pyridine rings is 1. The minimum atomic E-state index is 0.295. The van der Waals surface area contributed by atoms with Gasteiger partial charge in [-0.25, -0.2) is 15.1 Å². The molecule has 3 aromatic heterocycles. The highest BCUT2D eigenvalue weighted by atomic mass is 16.5. The van der Waals surface area contributed by atoms with E-state index in [1.807, 2.05) is 6.07 Å². The summed E-state index contributed by atoms with van der Waals surface area (Å²) >= 11 is 0. The normalized spacial score (nSPS) is 17.7. The molecule has 0 spiro atoms.